The van der Waals surface area contributed by atoms with Crippen LogP contribution in [0.5, 0.6) is 11.5 Å². The minimum absolute atomic E-state index is 0.124. The van der Waals surface area contributed by atoms with Gasteiger partial charge in [0.1, 0.15) is 17.5 Å². The Hall–Kier alpha value is -2.58. The van der Waals surface area contributed by atoms with Crippen molar-refractivity contribution in [3.05, 3.63) is 53.6 Å². The van der Waals surface area contributed by atoms with Crippen molar-refractivity contribution < 1.29 is 22.7 Å². The van der Waals surface area contributed by atoms with Crippen LogP contribution in [0.2, 0.25) is 0 Å². The first-order valence-electron chi connectivity index (χ1n) is 10.1. The van der Waals surface area contributed by atoms with Crippen molar-refractivity contribution in [2.75, 3.05) is 21.3 Å². The van der Waals surface area contributed by atoms with Crippen molar-refractivity contribution in [3.8, 4) is 11.5 Å². The number of carbonyl (C=O) groups is 1. The SMILES string of the molecule is COc1ccc(CN(C)C(=O)[C@H](CC(C)C)NS(=O)(=O)c2ccc(C)cc2)c(OC)c1. The van der Waals surface area contributed by atoms with Crippen LogP contribution >= 0.6 is 0 Å². The van der Waals surface area contributed by atoms with Crippen molar-refractivity contribution in [1.82, 2.24) is 9.62 Å². The summed E-state index contributed by atoms with van der Waals surface area (Å²) >= 11 is 0. The lowest BCUT2D eigenvalue weighted by atomic mass is 10.0. The number of ether oxygens (including phenoxy) is 2. The smallest absolute Gasteiger partial charge is 0.241 e. The maximum absolute atomic E-state index is 13.2. The highest BCUT2D eigenvalue weighted by molar-refractivity contribution is 7.89. The summed E-state index contributed by atoms with van der Waals surface area (Å²) in [4.78, 5) is 14.8. The molecular weight excluding hydrogens is 416 g/mol. The van der Waals surface area contributed by atoms with Gasteiger partial charge in [-0.1, -0.05) is 31.5 Å². The van der Waals surface area contributed by atoms with Gasteiger partial charge in [0, 0.05) is 25.2 Å². The number of hydrogen-bond acceptors (Lipinski definition) is 5. The van der Waals surface area contributed by atoms with Crippen LogP contribution in [0, 0.1) is 12.8 Å². The predicted octanol–water partition coefficient (Wildman–Crippen LogP) is 3.36. The fraction of sp³-hybridized carbons (Fsp3) is 0.435. The van der Waals surface area contributed by atoms with Gasteiger partial charge in [0.05, 0.1) is 19.1 Å². The van der Waals surface area contributed by atoms with Crippen molar-refractivity contribution in [2.24, 2.45) is 5.92 Å². The van der Waals surface area contributed by atoms with Gasteiger partial charge in [-0.25, -0.2) is 8.42 Å². The third kappa shape index (κ3) is 6.70. The minimum Gasteiger partial charge on any atom is -0.497 e. The number of nitrogens with zero attached hydrogens (tertiary/aromatic N) is 1. The van der Waals surface area contributed by atoms with E-state index < -0.39 is 16.1 Å². The monoisotopic (exact) mass is 448 g/mol. The largest absolute Gasteiger partial charge is 0.497 e. The minimum atomic E-state index is -3.83. The average Bonchev–Trinajstić information content (AvgIpc) is 2.72. The molecule has 2 aromatic rings. The number of benzene rings is 2. The molecule has 2 aromatic carbocycles. The number of nitrogens with one attached hydrogen (secondary N) is 1. The van der Waals surface area contributed by atoms with Crippen LogP contribution in [-0.4, -0.2) is 46.5 Å². The maximum Gasteiger partial charge on any atom is 0.241 e. The van der Waals surface area contributed by atoms with Gasteiger partial charge in [0.15, 0.2) is 0 Å². The molecule has 0 saturated carbocycles. The van der Waals surface area contributed by atoms with Crippen molar-refractivity contribution in [1.29, 1.82) is 0 Å². The van der Waals surface area contributed by atoms with E-state index in [9.17, 15) is 13.2 Å². The molecule has 2 rings (SSSR count). The van der Waals surface area contributed by atoms with E-state index in [4.69, 9.17) is 9.47 Å². The number of likely N-dealkylation sites (N-methyl/N-ethyl adjacent to an activating group) is 1. The summed E-state index contributed by atoms with van der Waals surface area (Å²) < 4.78 is 39.0. The molecule has 0 bridgehead atoms. The summed E-state index contributed by atoms with van der Waals surface area (Å²) in [5.74, 6) is 1.07. The van der Waals surface area contributed by atoms with Gasteiger partial charge in [-0.2, -0.15) is 4.72 Å². The summed E-state index contributed by atoms with van der Waals surface area (Å²) in [5.41, 5.74) is 1.76. The van der Waals surface area contributed by atoms with E-state index in [-0.39, 0.29) is 23.3 Å². The molecule has 1 atom stereocenters. The van der Waals surface area contributed by atoms with Crippen LogP contribution < -0.4 is 14.2 Å². The summed E-state index contributed by atoms with van der Waals surface area (Å²) in [6.45, 7) is 6.06. The molecule has 31 heavy (non-hydrogen) atoms. The van der Waals surface area contributed by atoms with E-state index >= 15 is 0 Å². The molecule has 0 aliphatic rings. The Kier molecular flexibility index (Phi) is 8.47. The lowest BCUT2D eigenvalue weighted by molar-refractivity contribution is -0.132. The third-order valence-corrected chi connectivity index (χ3v) is 6.40. The molecule has 0 aromatic heterocycles. The highest BCUT2D eigenvalue weighted by Crippen LogP contribution is 2.26. The van der Waals surface area contributed by atoms with Gasteiger partial charge in [-0.05, 0) is 43.5 Å². The van der Waals surface area contributed by atoms with Crippen molar-refractivity contribution >= 4 is 15.9 Å². The molecule has 1 amide bonds. The normalized spacial score (nSPS) is 12.5. The van der Waals surface area contributed by atoms with Crippen LogP contribution in [0.1, 0.15) is 31.4 Å². The molecule has 0 aliphatic carbocycles. The molecule has 8 heteroatoms. The van der Waals surface area contributed by atoms with Gasteiger partial charge in [0.25, 0.3) is 0 Å². The summed E-state index contributed by atoms with van der Waals surface area (Å²) in [6.07, 6.45) is 0.383. The number of carbonyl (C=O) groups excluding carboxylic acids is 1. The van der Waals surface area contributed by atoms with Crippen LogP contribution in [0.25, 0.3) is 0 Å². The molecule has 0 heterocycles. The molecule has 0 fully saturated rings. The Labute approximate surface area is 185 Å². The van der Waals surface area contributed by atoms with E-state index in [2.05, 4.69) is 4.72 Å². The number of hydrogen-bond donors (Lipinski definition) is 1. The molecule has 1 N–H and O–H groups in total. The second-order valence-electron chi connectivity index (χ2n) is 7.99. The third-order valence-electron chi connectivity index (χ3n) is 4.91. The zero-order valence-electron chi connectivity index (χ0n) is 19.0. The van der Waals surface area contributed by atoms with Gasteiger partial charge in [-0.3, -0.25) is 4.79 Å². The molecule has 0 unspecified atom stereocenters. The van der Waals surface area contributed by atoms with Gasteiger partial charge < -0.3 is 14.4 Å². The van der Waals surface area contributed by atoms with Gasteiger partial charge in [-0.15, -0.1) is 0 Å². The van der Waals surface area contributed by atoms with Crippen LogP contribution in [0.3, 0.4) is 0 Å². The van der Waals surface area contributed by atoms with Gasteiger partial charge in [0.2, 0.25) is 15.9 Å². The fourth-order valence-corrected chi connectivity index (χ4v) is 4.43. The van der Waals surface area contributed by atoms with Gasteiger partial charge >= 0.3 is 0 Å². The zero-order chi connectivity index (χ0) is 23.2. The number of rotatable bonds is 10. The first-order chi connectivity index (χ1) is 14.6. The Balaban J connectivity index is 2.23. The second kappa shape index (κ2) is 10.6. The zero-order valence-corrected chi connectivity index (χ0v) is 19.8. The Morgan fingerprint density at radius 3 is 2.26 bits per heavy atom. The molecule has 0 radical (unpaired) electrons. The quantitative estimate of drug-likeness (QED) is 0.602. The van der Waals surface area contributed by atoms with Crippen LogP contribution in [0.15, 0.2) is 47.4 Å². The highest BCUT2D eigenvalue weighted by Gasteiger charge is 2.29. The predicted molar refractivity (Wildman–Crippen MR) is 121 cm³/mol. The maximum atomic E-state index is 13.2. The molecule has 0 saturated heterocycles. The molecule has 170 valence electrons. The highest BCUT2D eigenvalue weighted by atomic mass is 32.2. The summed E-state index contributed by atoms with van der Waals surface area (Å²) in [6, 6.07) is 11.0. The lowest BCUT2D eigenvalue weighted by Gasteiger charge is -2.26. The Morgan fingerprint density at radius 2 is 1.71 bits per heavy atom. The summed E-state index contributed by atoms with van der Waals surface area (Å²) in [7, 11) is 0.942. The average molecular weight is 449 g/mol. The molecule has 7 nitrogen and oxygen atoms in total. The molecule has 0 spiro atoms. The molecule has 0 aliphatic heterocycles. The number of amides is 1. The van der Waals surface area contributed by atoms with E-state index in [0.717, 1.165) is 11.1 Å². The summed E-state index contributed by atoms with van der Waals surface area (Å²) in [5, 5.41) is 0. The van der Waals surface area contributed by atoms with E-state index in [1.54, 1.807) is 57.7 Å². The molecular formula is C23H32N2O5S. The topological polar surface area (TPSA) is 84.9 Å². The van der Waals surface area contributed by atoms with Crippen molar-refractivity contribution in [2.45, 2.75) is 44.7 Å². The Morgan fingerprint density at radius 1 is 1.06 bits per heavy atom. The second-order valence-corrected chi connectivity index (χ2v) is 9.70. The van der Waals surface area contributed by atoms with E-state index in [1.165, 1.54) is 4.90 Å². The van der Waals surface area contributed by atoms with Crippen molar-refractivity contribution in [3.63, 3.8) is 0 Å². The first kappa shape index (κ1) is 24.7. The van der Waals surface area contributed by atoms with Crippen LogP contribution in [0.4, 0.5) is 0 Å². The van der Waals surface area contributed by atoms with E-state index in [0.29, 0.717) is 17.9 Å². The van der Waals surface area contributed by atoms with E-state index in [1.807, 2.05) is 26.8 Å². The number of aryl methyl sites for hydroxylation is 1. The lowest BCUT2D eigenvalue weighted by Crippen LogP contribution is -2.47. The fourth-order valence-electron chi connectivity index (χ4n) is 3.23. The Bertz CT molecular complexity index is 988. The number of sulfonamides is 1. The van der Waals surface area contributed by atoms with Crippen LogP contribution in [-0.2, 0) is 21.4 Å². The standard InChI is InChI=1S/C23H32N2O5S/c1-16(2)13-21(24-31(27,28)20-11-7-17(3)8-12-20)23(26)25(4)15-18-9-10-19(29-5)14-22(18)30-6/h7-12,14,16,21,24H,13,15H2,1-6H3/t21-/m0/s1. The number of methoxy groups -OCH3 is 2. The first-order valence-corrected chi connectivity index (χ1v) is 11.6.